The van der Waals surface area contributed by atoms with Crippen LogP contribution in [0, 0.1) is 0 Å². The summed E-state index contributed by atoms with van der Waals surface area (Å²) in [7, 11) is -2.83. The standard InChI is InChI=1S/C12H30N3O4P/c1-4-17-10-7-13-20(16,14-8-11-18-5-2)15-9-12-19-6-3/h4-12H2,1-3H3,(H3,13,14,15,16). The average molecular weight is 311 g/mol. The third-order valence-electron chi connectivity index (χ3n) is 2.35. The molecule has 0 fully saturated rings. The van der Waals surface area contributed by atoms with Crippen LogP contribution in [0.4, 0.5) is 0 Å². The summed E-state index contributed by atoms with van der Waals surface area (Å²) in [6, 6.07) is 0. The Balaban J connectivity index is 4.02. The molecule has 0 aliphatic carbocycles. The van der Waals surface area contributed by atoms with Crippen LogP contribution in [-0.4, -0.2) is 59.3 Å². The van der Waals surface area contributed by atoms with E-state index in [1.807, 2.05) is 20.8 Å². The molecule has 20 heavy (non-hydrogen) atoms. The van der Waals surface area contributed by atoms with E-state index in [2.05, 4.69) is 15.3 Å². The maximum Gasteiger partial charge on any atom is 0.279 e. The van der Waals surface area contributed by atoms with E-state index in [4.69, 9.17) is 14.2 Å². The SMILES string of the molecule is CCOCCNP(=O)(NCCOCC)NCCOCC. The highest BCUT2D eigenvalue weighted by molar-refractivity contribution is 7.57. The van der Waals surface area contributed by atoms with Gasteiger partial charge in [-0.15, -0.1) is 0 Å². The number of rotatable bonds is 15. The van der Waals surface area contributed by atoms with E-state index in [-0.39, 0.29) is 0 Å². The maximum absolute atomic E-state index is 12.6. The van der Waals surface area contributed by atoms with Crippen molar-refractivity contribution in [2.45, 2.75) is 20.8 Å². The molecule has 0 rings (SSSR count). The molecule has 0 radical (unpaired) electrons. The van der Waals surface area contributed by atoms with Crippen molar-refractivity contribution in [2.24, 2.45) is 0 Å². The predicted octanol–water partition coefficient (Wildman–Crippen LogP) is 0.973. The second-order valence-corrected chi connectivity index (χ2v) is 6.09. The lowest BCUT2D eigenvalue weighted by molar-refractivity contribution is 0.149. The Hall–Kier alpha value is -0.0100. The molecule has 8 heteroatoms. The lowest BCUT2D eigenvalue weighted by Gasteiger charge is -2.21. The zero-order valence-electron chi connectivity index (χ0n) is 12.9. The molecule has 122 valence electrons. The molecule has 0 atom stereocenters. The number of nitrogens with one attached hydrogen (secondary N) is 3. The van der Waals surface area contributed by atoms with Gasteiger partial charge in [0, 0.05) is 39.5 Å². The van der Waals surface area contributed by atoms with Crippen LogP contribution >= 0.6 is 7.59 Å². The predicted molar refractivity (Wildman–Crippen MR) is 81.1 cm³/mol. The summed E-state index contributed by atoms with van der Waals surface area (Å²) in [6.45, 7) is 10.9. The van der Waals surface area contributed by atoms with Gasteiger partial charge < -0.3 is 14.2 Å². The molecule has 0 bridgehead atoms. The largest absolute Gasteiger partial charge is 0.380 e. The molecule has 3 N–H and O–H groups in total. The summed E-state index contributed by atoms with van der Waals surface area (Å²) in [5, 5.41) is 8.95. The molecule has 0 aromatic rings. The first-order valence-electron chi connectivity index (χ1n) is 7.27. The van der Waals surface area contributed by atoms with Crippen molar-refractivity contribution >= 4 is 7.59 Å². The summed E-state index contributed by atoms with van der Waals surface area (Å²) in [6.07, 6.45) is 0. The van der Waals surface area contributed by atoms with Gasteiger partial charge in [0.25, 0.3) is 7.59 Å². The number of ether oxygens (including phenoxy) is 3. The Bertz CT molecular complexity index is 219. The Kier molecular flexibility index (Phi) is 13.9. The summed E-state index contributed by atoms with van der Waals surface area (Å²) >= 11 is 0. The quantitative estimate of drug-likeness (QED) is 0.307. The van der Waals surface area contributed by atoms with Crippen molar-refractivity contribution in [1.82, 2.24) is 15.3 Å². The monoisotopic (exact) mass is 311 g/mol. The van der Waals surface area contributed by atoms with Gasteiger partial charge in [-0.2, -0.15) is 0 Å². The maximum atomic E-state index is 12.6. The zero-order valence-corrected chi connectivity index (χ0v) is 13.8. The van der Waals surface area contributed by atoms with E-state index < -0.39 is 7.59 Å². The van der Waals surface area contributed by atoms with E-state index in [1.54, 1.807) is 0 Å². The fourth-order valence-electron chi connectivity index (χ4n) is 1.43. The van der Waals surface area contributed by atoms with Crippen LogP contribution in [-0.2, 0) is 18.8 Å². The van der Waals surface area contributed by atoms with Crippen LogP contribution in [0.25, 0.3) is 0 Å². The van der Waals surface area contributed by atoms with Gasteiger partial charge in [0.15, 0.2) is 0 Å². The first-order chi connectivity index (χ1) is 9.68. The molecule has 0 unspecified atom stereocenters. The van der Waals surface area contributed by atoms with Gasteiger partial charge >= 0.3 is 0 Å². The van der Waals surface area contributed by atoms with Gasteiger partial charge in [-0.3, -0.25) is 4.57 Å². The van der Waals surface area contributed by atoms with Crippen LogP contribution in [0.15, 0.2) is 0 Å². The summed E-state index contributed by atoms with van der Waals surface area (Å²) in [5.74, 6) is 0. The Morgan fingerprint density at radius 2 is 1.00 bits per heavy atom. The van der Waals surface area contributed by atoms with Crippen molar-refractivity contribution in [3.8, 4) is 0 Å². The van der Waals surface area contributed by atoms with Crippen LogP contribution in [0.2, 0.25) is 0 Å². The fraction of sp³-hybridized carbons (Fsp3) is 1.00. The van der Waals surface area contributed by atoms with Crippen molar-refractivity contribution in [3.05, 3.63) is 0 Å². The van der Waals surface area contributed by atoms with Gasteiger partial charge in [0.1, 0.15) is 0 Å². The Morgan fingerprint density at radius 3 is 1.25 bits per heavy atom. The molecule has 0 saturated carbocycles. The van der Waals surface area contributed by atoms with Gasteiger partial charge in [-0.1, -0.05) is 0 Å². The first-order valence-corrected chi connectivity index (χ1v) is 8.97. The molecule has 0 amide bonds. The van der Waals surface area contributed by atoms with Crippen molar-refractivity contribution < 1.29 is 18.8 Å². The van der Waals surface area contributed by atoms with E-state index in [0.29, 0.717) is 59.3 Å². The van der Waals surface area contributed by atoms with Gasteiger partial charge in [0.05, 0.1) is 19.8 Å². The summed E-state index contributed by atoms with van der Waals surface area (Å²) < 4.78 is 28.3. The van der Waals surface area contributed by atoms with Gasteiger partial charge in [0.2, 0.25) is 0 Å². The topological polar surface area (TPSA) is 80.9 Å². The van der Waals surface area contributed by atoms with Crippen LogP contribution in [0.1, 0.15) is 20.8 Å². The lowest BCUT2D eigenvalue weighted by Crippen LogP contribution is -2.36. The van der Waals surface area contributed by atoms with E-state index in [9.17, 15) is 4.57 Å². The lowest BCUT2D eigenvalue weighted by atomic mass is 10.7. The van der Waals surface area contributed by atoms with Gasteiger partial charge in [-0.05, 0) is 20.8 Å². The second-order valence-electron chi connectivity index (χ2n) is 3.92. The third kappa shape index (κ3) is 11.8. The molecule has 0 aliphatic heterocycles. The minimum Gasteiger partial charge on any atom is -0.380 e. The Labute approximate surface area is 122 Å². The molecule has 0 spiro atoms. The molecule has 0 saturated heterocycles. The van der Waals surface area contributed by atoms with Crippen LogP contribution in [0.3, 0.4) is 0 Å². The number of hydrogen-bond donors (Lipinski definition) is 3. The second kappa shape index (κ2) is 13.9. The smallest absolute Gasteiger partial charge is 0.279 e. The minimum absolute atomic E-state index is 0.522. The summed E-state index contributed by atoms with van der Waals surface area (Å²) in [5.41, 5.74) is 0. The molecular formula is C12H30N3O4P. The van der Waals surface area contributed by atoms with E-state index in [1.165, 1.54) is 0 Å². The van der Waals surface area contributed by atoms with E-state index in [0.717, 1.165) is 0 Å². The first kappa shape index (κ1) is 20.0. The van der Waals surface area contributed by atoms with Crippen LogP contribution < -0.4 is 15.3 Å². The minimum atomic E-state index is -2.83. The van der Waals surface area contributed by atoms with Crippen LogP contribution in [0.5, 0.6) is 0 Å². The van der Waals surface area contributed by atoms with Crippen molar-refractivity contribution in [1.29, 1.82) is 0 Å². The molecule has 7 nitrogen and oxygen atoms in total. The van der Waals surface area contributed by atoms with Crippen molar-refractivity contribution in [3.63, 3.8) is 0 Å². The highest BCUT2D eigenvalue weighted by Crippen LogP contribution is 2.28. The average Bonchev–Trinajstić information content (AvgIpc) is 2.45. The zero-order chi connectivity index (χ0) is 15.1. The van der Waals surface area contributed by atoms with Crippen molar-refractivity contribution in [2.75, 3.05) is 59.3 Å². The third-order valence-corrected chi connectivity index (χ3v) is 4.36. The highest BCUT2D eigenvalue weighted by atomic mass is 31.2. The normalized spacial score (nSPS) is 11.9. The van der Waals surface area contributed by atoms with Gasteiger partial charge in [-0.25, -0.2) is 15.3 Å². The molecule has 0 aliphatic rings. The molecular weight excluding hydrogens is 281 g/mol. The molecule has 0 aromatic carbocycles. The number of hydrogen-bond acceptors (Lipinski definition) is 4. The van der Waals surface area contributed by atoms with E-state index >= 15 is 0 Å². The molecule has 0 aromatic heterocycles. The summed E-state index contributed by atoms with van der Waals surface area (Å²) in [4.78, 5) is 0. The highest BCUT2D eigenvalue weighted by Gasteiger charge is 2.19. The molecule has 0 heterocycles. The fourth-order valence-corrected chi connectivity index (χ4v) is 2.98. The Morgan fingerprint density at radius 1 is 0.700 bits per heavy atom.